The third-order valence-electron chi connectivity index (χ3n) is 4.25. The summed E-state index contributed by atoms with van der Waals surface area (Å²) in [5.74, 6) is 0. The van der Waals surface area contributed by atoms with Crippen LogP contribution >= 0.6 is 0 Å². The predicted molar refractivity (Wildman–Crippen MR) is 95.5 cm³/mol. The quantitative estimate of drug-likeness (QED) is 0.923. The van der Waals surface area contributed by atoms with E-state index in [0.29, 0.717) is 32.8 Å². The number of carbonyl (C=O) groups is 1. The van der Waals surface area contributed by atoms with E-state index in [1.807, 2.05) is 37.3 Å². The third kappa shape index (κ3) is 4.70. The molecule has 1 saturated heterocycles. The smallest absolute Gasteiger partial charge is 0.317 e. The van der Waals surface area contributed by atoms with E-state index < -0.39 is 0 Å². The summed E-state index contributed by atoms with van der Waals surface area (Å²) in [6, 6.07) is 13.0. The van der Waals surface area contributed by atoms with Crippen molar-refractivity contribution >= 4 is 6.03 Å². The van der Waals surface area contributed by atoms with E-state index in [1.54, 1.807) is 27.8 Å². The summed E-state index contributed by atoms with van der Waals surface area (Å²) in [5.41, 5.74) is 2.06. The summed E-state index contributed by atoms with van der Waals surface area (Å²) in [6.07, 6.45) is 1.86. The van der Waals surface area contributed by atoms with E-state index in [2.05, 4.69) is 5.32 Å². The van der Waals surface area contributed by atoms with Crippen molar-refractivity contribution in [2.45, 2.75) is 26.1 Å². The number of nitrogens with zero attached hydrogens (tertiary/aromatic N) is 2. The number of carbonyl (C=O) groups excluding carboxylic acids is 1. The van der Waals surface area contributed by atoms with Gasteiger partial charge in [0.05, 0.1) is 19.3 Å². The number of urea groups is 1. The highest BCUT2D eigenvalue weighted by Gasteiger charge is 2.20. The van der Waals surface area contributed by atoms with Gasteiger partial charge in [0.1, 0.15) is 0 Å². The molecule has 1 aromatic carbocycles. The largest absolute Gasteiger partial charge is 0.375 e. The Kier molecular flexibility index (Phi) is 5.50. The Morgan fingerprint density at radius 2 is 1.96 bits per heavy atom. The maximum Gasteiger partial charge on any atom is 0.317 e. The van der Waals surface area contributed by atoms with Crippen LogP contribution in [0.4, 0.5) is 4.79 Å². The lowest BCUT2D eigenvalue weighted by atomic mass is 10.1. The minimum Gasteiger partial charge on any atom is -0.375 e. The van der Waals surface area contributed by atoms with Crippen LogP contribution in [-0.4, -0.2) is 41.3 Å². The van der Waals surface area contributed by atoms with Gasteiger partial charge in [-0.3, -0.25) is 4.79 Å². The molecule has 1 fully saturated rings. The van der Waals surface area contributed by atoms with Crippen molar-refractivity contribution in [3.8, 4) is 0 Å². The zero-order chi connectivity index (χ0) is 17.6. The highest BCUT2D eigenvalue weighted by molar-refractivity contribution is 5.74. The Hall–Kier alpha value is -2.60. The normalized spacial score (nSPS) is 17.3. The second-order valence-corrected chi connectivity index (χ2v) is 6.27. The Bertz CT molecular complexity index is 770. The molecule has 6 nitrogen and oxygen atoms in total. The van der Waals surface area contributed by atoms with Crippen LogP contribution in [-0.2, 0) is 17.8 Å². The number of rotatable bonds is 4. The fourth-order valence-electron chi connectivity index (χ4n) is 2.84. The van der Waals surface area contributed by atoms with Crippen molar-refractivity contribution in [2.24, 2.45) is 0 Å². The Morgan fingerprint density at radius 3 is 2.68 bits per heavy atom. The van der Waals surface area contributed by atoms with Crippen LogP contribution in [0.1, 0.15) is 18.1 Å². The first kappa shape index (κ1) is 17.2. The minimum atomic E-state index is -0.0601. The summed E-state index contributed by atoms with van der Waals surface area (Å²) in [4.78, 5) is 25.7. The molecule has 0 aliphatic carbocycles. The Morgan fingerprint density at radius 1 is 1.20 bits per heavy atom. The lowest BCUT2D eigenvalue weighted by Gasteiger charge is -2.31. The molecule has 6 heteroatoms. The van der Waals surface area contributed by atoms with Gasteiger partial charge in [0, 0.05) is 31.9 Å². The number of ether oxygens (including phenoxy) is 1. The first-order chi connectivity index (χ1) is 12.1. The maximum absolute atomic E-state index is 12.2. The van der Waals surface area contributed by atoms with Crippen molar-refractivity contribution in [3.63, 3.8) is 0 Å². The SMILES string of the molecule is C[C@H]1CN(C(=O)NCc2ccc(Cn3ccccc3=O)cc2)CCO1. The van der Waals surface area contributed by atoms with E-state index in [4.69, 9.17) is 4.74 Å². The van der Waals surface area contributed by atoms with E-state index in [0.717, 1.165) is 11.1 Å². The molecule has 2 amide bonds. The zero-order valence-corrected chi connectivity index (χ0v) is 14.4. The lowest BCUT2D eigenvalue weighted by Crippen LogP contribution is -2.48. The van der Waals surface area contributed by atoms with Crippen molar-refractivity contribution < 1.29 is 9.53 Å². The molecule has 0 unspecified atom stereocenters. The number of nitrogens with one attached hydrogen (secondary N) is 1. The predicted octanol–water partition coefficient (Wildman–Crippen LogP) is 1.83. The molecule has 0 saturated carbocycles. The van der Waals surface area contributed by atoms with Crippen LogP contribution < -0.4 is 10.9 Å². The van der Waals surface area contributed by atoms with Crippen LogP contribution in [0.2, 0.25) is 0 Å². The van der Waals surface area contributed by atoms with Gasteiger partial charge in [-0.15, -0.1) is 0 Å². The van der Waals surface area contributed by atoms with Gasteiger partial charge in [-0.25, -0.2) is 4.79 Å². The molecule has 1 aromatic heterocycles. The number of aromatic nitrogens is 1. The van der Waals surface area contributed by atoms with Crippen LogP contribution in [0, 0.1) is 0 Å². The van der Waals surface area contributed by atoms with E-state index in [9.17, 15) is 9.59 Å². The molecular weight excluding hydrogens is 318 g/mol. The zero-order valence-electron chi connectivity index (χ0n) is 14.4. The van der Waals surface area contributed by atoms with Crippen LogP contribution in [0.25, 0.3) is 0 Å². The summed E-state index contributed by atoms with van der Waals surface area (Å²) in [7, 11) is 0. The fourth-order valence-corrected chi connectivity index (χ4v) is 2.84. The molecular formula is C19H23N3O3. The van der Waals surface area contributed by atoms with Gasteiger partial charge in [-0.2, -0.15) is 0 Å². The van der Waals surface area contributed by atoms with Gasteiger partial charge >= 0.3 is 6.03 Å². The molecule has 1 atom stereocenters. The van der Waals surface area contributed by atoms with E-state index >= 15 is 0 Å². The molecule has 3 rings (SSSR count). The number of hydrogen-bond donors (Lipinski definition) is 1. The van der Waals surface area contributed by atoms with Gasteiger partial charge in [0.2, 0.25) is 0 Å². The fraction of sp³-hybridized carbons (Fsp3) is 0.368. The molecule has 2 aromatic rings. The van der Waals surface area contributed by atoms with Crippen molar-refractivity contribution in [2.75, 3.05) is 19.7 Å². The molecule has 1 aliphatic rings. The first-order valence-electron chi connectivity index (χ1n) is 8.49. The van der Waals surface area contributed by atoms with Crippen LogP contribution in [0.15, 0.2) is 53.5 Å². The second kappa shape index (κ2) is 7.98. The number of benzene rings is 1. The van der Waals surface area contributed by atoms with Crippen molar-refractivity contribution in [1.29, 1.82) is 0 Å². The number of amides is 2. The summed E-state index contributed by atoms with van der Waals surface area (Å²) >= 11 is 0. The van der Waals surface area contributed by atoms with Crippen molar-refractivity contribution in [3.05, 3.63) is 70.1 Å². The highest BCUT2D eigenvalue weighted by Crippen LogP contribution is 2.07. The second-order valence-electron chi connectivity index (χ2n) is 6.27. The summed E-state index contributed by atoms with van der Waals surface area (Å²) < 4.78 is 7.11. The lowest BCUT2D eigenvalue weighted by molar-refractivity contribution is -0.00351. The standard InChI is InChI=1S/C19H23N3O3/c1-15-13-22(10-11-25-15)19(24)20-12-16-5-7-17(8-6-16)14-21-9-3-2-4-18(21)23/h2-9,15H,10-14H2,1H3,(H,20,24)/t15-/m0/s1. The molecule has 2 heterocycles. The molecule has 0 spiro atoms. The molecule has 0 radical (unpaired) electrons. The average molecular weight is 341 g/mol. The molecule has 0 bridgehead atoms. The van der Waals surface area contributed by atoms with Gasteiger partial charge < -0.3 is 19.5 Å². The van der Waals surface area contributed by atoms with E-state index in [1.165, 1.54) is 0 Å². The van der Waals surface area contributed by atoms with Crippen molar-refractivity contribution in [1.82, 2.24) is 14.8 Å². The molecule has 132 valence electrons. The Balaban J connectivity index is 1.53. The molecule has 1 N–H and O–H groups in total. The van der Waals surface area contributed by atoms with Gasteiger partial charge in [-0.05, 0) is 24.1 Å². The molecule has 25 heavy (non-hydrogen) atoms. The van der Waals surface area contributed by atoms with Gasteiger partial charge in [0.15, 0.2) is 0 Å². The van der Waals surface area contributed by atoms with E-state index in [-0.39, 0.29) is 17.7 Å². The summed E-state index contributed by atoms with van der Waals surface area (Å²) in [6.45, 7) is 4.82. The van der Waals surface area contributed by atoms with Gasteiger partial charge in [-0.1, -0.05) is 30.3 Å². The maximum atomic E-state index is 12.2. The first-order valence-corrected chi connectivity index (χ1v) is 8.49. The molecule has 1 aliphatic heterocycles. The monoisotopic (exact) mass is 341 g/mol. The van der Waals surface area contributed by atoms with Crippen LogP contribution in [0.5, 0.6) is 0 Å². The van der Waals surface area contributed by atoms with Crippen LogP contribution in [0.3, 0.4) is 0 Å². The minimum absolute atomic E-state index is 0.0152. The Labute approximate surface area is 147 Å². The number of pyridine rings is 1. The number of morpholine rings is 1. The topological polar surface area (TPSA) is 63.6 Å². The third-order valence-corrected chi connectivity index (χ3v) is 4.25. The summed E-state index contributed by atoms with van der Waals surface area (Å²) in [5, 5.41) is 2.94. The average Bonchev–Trinajstić information content (AvgIpc) is 2.63. The highest BCUT2D eigenvalue weighted by atomic mass is 16.5. The van der Waals surface area contributed by atoms with Gasteiger partial charge in [0.25, 0.3) is 5.56 Å². The number of hydrogen-bond acceptors (Lipinski definition) is 3.